The lowest BCUT2D eigenvalue weighted by Gasteiger charge is -2.24. The summed E-state index contributed by atoms with van der Waals surface area (Å²) in [5.41, 5.74) is 2.08. The first-order chi connectivity index (χ1) is 5.56. The fraction of sp³-hybridized carbons (Fsp3) is 0.400. The third-order valence-corrected chi connectivity index (χ3v) is 2.26. The molecule has 1 N–H and O–H groups in total. The minimum absolute atomic E-state index is 0.0215. The summed E-state index contributed by atoms with van der Waals surface area (Å²) in [7, 11) is 7.55. The summed E-state index contributed by atoms with van der Waals surface area (Å²) in [5, 5.41) is 3.24. The molecule has 1 nitrogen and oxygen atoms in total. The van der Waals surface area contributed by atoms with Crippen LogP contribution in [-0.4, -0.2) is 14.9 Å². The predicted molar refractivity (Wildman–Crippen MR) is 53.9 cm³/mol. The van der Waals surface area contributed by atoms with E-state index in [1.165, 1.54) is 5.56 Å². The number of rotatable bonds is 2. The average Bonchev–Trinajstić information content (AvgIpc) is 2.05. The summed E-state index contributed by atoms with van der Waals surface area (Å²) in [4.78, 5) is 0. The van der Waals surface area contributed by atoms with Crippen molar-refractivity contribution in [2.24, 2.45) is 0 Å². The van der Waals surface area contributed by atoms with Gasteiger partial charge in [-0.2, -0.15) is 0 Å². The maximum atomic E-state index is 5.59. The van der Waals surface area contributed by atoms with Crippen LogP contribution in [0.5, 0.6) is 0 Å². The Balaban J connectivity index is 2.96. The Morgan fingerprint density at radius 2 is 1.67 bits per heavy atom. The Morgan fingerprint density at radius 1 is 1.17 bits per heavy atom. The van der Waals surface area contributed by atoms with Crippen molar-refractivity contribution in [3.05, 3.63) is 29.8 Å². The van der Waals surface area contributed by atoms with Crippen molar-refractivity contribution in [3.8, 4) is 0 Å². The van der Waals surface area contributed by atoms with Gasteiger partial charge in [-0.3, -0.25) is 0 Å². The molecule has 0 aliphatic carbocycles. The molecule has 0 amide bonds. The van der Waals surface area contributed by atoms with E-state index in [1.54, 1.807) is 0 Å². The lowest BCUT2D eigenvalue weighted by molar-refractivity contribution is 0.445. The van der Waals surface area contributed by atoms with Gasteiger partial charge in [0.25, 0.3) is 0 Å². The maximum absolute atomic E-state index is 5.59. The lowest BCUT2D eigenvalue weighted by Crippen LogP contribution is -2.33. The molecule has 0 spiro atoms. The van der Waals surface area contributed by atoms with E-state index in [0.29, 0.717) is 0 Å². The second-order valence-corrected chi connectivity index (χ2v) is 3.50. The zero-order valence-corrected chi connectivity index (χ0v) is 7.89. The van der Waals surface area contributed by atoms with Gasteiger partial charge in [0, 0.05) is 5.54 Å². The molecule has 0 heterocycles. The molecular formula is C10H14BN. The largest absolute Gasteiger partial charge is 0.311 e. The van der Waals surface area contributed by atoms with Gasteiger partial charge in [-0.1, -0.05) is 29.7 Å². The van der Waals surface area contributed by atoms with E-state index in [-0.39, 0.29) is 5.54 Å². The minimum Gasteiger partial charge on any atom is -0.311 e. The van der Waals surface area contributed by atoms with E-state index in [1.807, 2.05) is 31.3 Å². The Labute approximate surface area is 75.6 Å². The molecule has 0 unspecified atom stereocenters. The quantitative estimate of drug-likeness (QED) is 0.633. The Kier molecular flexibility index (Phi) is 2.58. The van der Waals surface area contributed by atoms with Crippen molar-refractivity contribution < 1.29 is 0 Å². The highest BCUT2D eigenvalue weighted by molar-refractivity contribution is 6.32. The van der Waals surface area contributed by atoms with Crippen LogP contribution in [0.25, 0.3) is 0 Å². The third kappa shape index (κ3) is 1.89. The summed E-state index contributed by atoms with van der Waals surface area (Å²) in [6.07, 6.45) is 0. The number of benzene rings is 1. The fourth-order valence-corrected chi connectivity index (χ4v) is 1.04. The molecular weight excluding hydrogens is 145 g/mol. The third-order valence-electron chi connectivity index (χ3n) is 2.26. The molecule has 0 aliphatic heterocycles. The molecule has 1 aromatic rings. The van der Waals surface area contributed by atoms with Crippen molar-refractivity contribution >= 4 is 13.3 Å². The van der Waals surface area contributed by atoms with Crippen molar-refractivity contribution in [3.63, 3.8) is 0 Å². The van der Waals surface area contributed by atoms with Gasteiger partial charge in [-0.15, -0.1) is 0 Å². The highest BCUT2D eigenvalue weighted by atomic mass is 14.9. The minimum atomic E-state index is 0.0215. The maximum Gasteiger partial charge on any atom is 0.113 e. The van der Waals surface area contributed by atoms with Crippen LogP contribution in [0.15, 0.2) is 24.3 Å². The van der Waals surface area contributed by atoms with Crippen LogP contribution >= 0.6 is 0 Å². The molecule has 12 heavy (non-hydrogen) atoms. The van der Waals surface area contributed by atoms with Crippen molar-refractivity contribution in [2.75, 3.05) is 7.05 Å². The van der Waals surface area contributed by atoms with Crippen LogP contribution in [0.4, 0.5) is 0 Å². The topological polar surface area (TPSA) is 12.0 Å². The monoisotopic (exact) mass is 159 g/mol. The van der Waals surface area contributed by atoms with E-state index in [0.717, 1.165) is 5.46 Å². The molecule has 0 atom stereocenters. The molecule has 2 radical (unpaired) electrons. The molecule has 0 fully saturated rings. The normalized spacial score (nSPS) is 11.6. The molecule has 0 saturated heterocycles. The summed E-state index contributed by atoms with van der Waals surface area (Å²) in [6, 6.07) is 7.94. The molecule has 1 aromatic carbocycles. The predicted octanol–water partition coefficient (Wildman–Crippen LogP) is 0.935. The number of nitrogens with one attached hydrogen (secondary N) is 1. The van der Waals surface area contributed by atoms with Gasteiger partial charge < -0.3 is 5.32 Å². The summed E-state index contributed by atoms with van der Waals surface area (Å²) >= 11 is 0. The van der Waals surface area contributed by atoms with Gasteiger partial charge in [0.2, 0.25) is 0 Å². The highest BCUT2D eigenvalue weighted by Gasteiger charge is 2.16. The van der Waals surface area contributed by atoms with Gasteiger partial charge in [0.05, 0.1) is 0 Å². The summed E-state index contributed by atoms with van der Waals surface area (Å²) < 4.78 is 0. The smallest absolute Gasteiger partial charge is 0.113 e. The van der Waals surface area contributed by atoms with Crippen molar-refractivity contribution in [2.45, 2.75) is 19.4 Å². The fourth-order valence-electron chi connectivity index (χ4n) is 1.04. The number of hydrogen-bond donors (Lipinski definition) is 1. The summed E-state index contributed by atoms with van der Waals surface area (Å²) in [6.45, 7) is 4.27. The van der Waals surface area contributed by atoms with Crippen LogP contribution in [0.3, 0.4) is 0 Å². The SMILES string of the molecule is [B]c1ccc(C(C)(C)NC)cc1. The molecule has 2 heteroatoms. The van der Waals surface area contributed by atoms with Crippen molar-refractivity contribution in [1.82, 2.24) is 5.32 Å². The lowest BCUT2D eigenvalue weighted by atomic mass is 9.89. The van der Waals surface area contributed by atoms with Crippen LogP contribution < -0.4 is 10.8 Å². The highest BCUT2D eigenvalue weighted by Crippen LogP contribution is 2.17. The van der Waals surface area contributed by atoms with Crippen LogP contribution in [-0.2, 0) is 5.54 Å². The van der Waals surface area contributed by atoms with Crippen LogP contribution in [0.2, 0.25) is 0 Å². The summed E-state index contributed by atoms with van der Waals surface area (Å²) in [5.74, 6) is 0. The first-order valence-corrected chi connectivity index (χ1v) is 4.11. The van der Waals surface area contributed by atoms with E-state index in [2.05, 4.69) is 19.2 Å². The second kappa shape index (κ2) is 3.32. The number of hydrogen-bond acceptors (Lipinski definition) is 1. The second-order valence-electron chi connectivity index (χ2n) is 3.50. The first kappa shape index (κ1) is 9.33. The zero-order chi connectivity index (χ0) is 9.19. The van der Waals surface area contributed by atoms with Gasteiger partial charge >= 0.3 is 0 Å². The molecule has 0 saturated carbocycles. The van der Waals surface area contributed by atoms with E-state index in [9.17, 15) is 0 Å². The average molecular weight is 159 g/mol. The van der Waals surface area contributed by atoms with E-state index in [4.69, 9.17) is 7.85 Å². The molecule has 0 bridgehead atoms. The Bertz CT molecular complexity index is 251. The van der Waals surface area contributed by atoms with Crippen LogP contribution in [0.1, 0.15) is 19.4 Å². The standard InChI is InChI=1S/C10H14BN/c1-10(2,12-3)8-4-6-9(11)7-5-8/h4-7,12H,1-3H3. The molecule has 1 rings (SSSR count). The molecule has 62 valence electrons. The molecule has 0 aromatic heterocycles. The van der Waals surface area contributed by atoms with Gasteiger partial charge in [0.15, 0.2) is 0 Å². The Hall–Kier alpha value is -0.755. The van der Waals surface area contributed by atoms with Crippen LogP contribution in [0, 0.1) is 0 Å². The molecule has 0 aliphatic rings. The van der Waals surface area contributed by atoms with Gasteiger partial charge in [-0.25, -0.2) is 0 Å². The zero-order valence-electron chi connectivity index (χ0n) is 7.89. The van der Waals surface area contributed by atoms with E-state index >= 15 is 0 Å². The first-order valence-electron chi connectivity index (χ1n) is 4.11. The van der Waals surface area contributed by atoms with E-state index < -0.39 is 0 Å². The van der Waals surface area contributed by atoms with Gasteiger partial charge in [0.1, 0.15) is 7.85 Å². The van der Waals surface area contributed by atoms with Crippen molar-refractivity contribution in [1.29, 1.82) is 0 Å². The van der Waals surface area contributed by atoms with Gasteiger partial charge in [-0.05, 0) is 26.5 Å². The Morgan fingerprint density at radius 3 is 2.08 bits per heavy atom.